The molecule has 0 aliphatic carbocycles. The van der Waals surface area contributed by atoms with Gasteiger partial charge < -0.3 is 33.8 Å². The molecule has 0 saturated carbocycles. The van der Waals surface area contributed by atoms with Crippen molar-refractivity contribution < 1.29 is 80.2 Å². The van der Waals surface area contributed by atoms with Gasteiger partial charge in [0.1, 0.15) is 19.3 Å². The second kappa shape index (κ2) is 58.4. The van der Waals surface area contributed by atoms with Crippen LogP contribution in [0.3, 0.4) is 0 Å². The summed E-state index contributed by atoms with van der Waals surface area (Å²) >= 11 is 0. The van der Waals surface area contributed by atoms with Gasteiger partial charge in [-0.25, -0.2) is 9.13 Å². The van der Waals surface area contributed by atoms with E-state index in [1.54, 1.807) is 0 Å². The van der Waals surface area contributed by atoms with Crippen molar-refractivity contribution in [2.24, 2.45) is 11.8 Å². The van der Waals surface area contributed by atoms with Crippen molar-refractivity contribution in [1.82, 2.24) is 0 Å². The van der Waals surface area contributed by atoms with Crippen LogP contribution in [-0.2, 0) is 65.4 Å². The van der Waals surface area contributed by atoms with Crippen LogP contribution in [-0.4, -0.2) is 96.7 Å². The first-order chi connectivity index (χ1) is 40.9. The molecule has 2 unspecified atom stereocenters. The maximum Gasteiger partial charge on any atom is 0.472 e. The first-order valence-electron chi connectivity index (χ1n) is 34.5. The minimum absolute atomic E-state index is 0.104. The summed E-state index contributed by atoms with van der Waals surface area (Å²) in [6, 6.07) is 0. The Hall–Kier alpha value is -1.94. The van der Waals surface area contributed by atoms with Crippen molar-refractivity contribution in [3.8, 4) is 0 Å². The second-order valence-electron chi connectivity index (χ2n) is 24.8. The molecule has 0 amide bonds. The van der Waals surface area contributed by atoms with E-state index in [1.807, 2.05) is 0 Å². The zero-order chi connectivity index (χ0) is 62.9. The lowest BCUT2D eigenvalue weighted by atomic mass is 10.0. The topological polar surface area (TPSA) is 237 Å². The van der Waals surface area contributed by atoms with Crippen LogP contribution < -0.4 is 0 Å². The average molecular weight is 1260 g/mol. The lowest BCUT2D eigenvalue weighted by Gasteiger charge is -2.21. The van der Waals surface area contributed by atoms with Crippen molar-refractivity contribution >= 4 is 39.5 Å². The number of aliphatic hydroxyl groups is 1. The van der Waals surface area contributed by atoms with Gasteiger partial charge in [0.15, 0.2) is 12.2 Å². The third-order valence-electron chi connectivity index (χ3n) is 15.2. The summed E-state index contributed by atoms with van der Waals surface area (Å²) in [6.07, 6.45) is 41.8. The van der Waals surface area contributed by atoms with Gasteiger partial charge in [0.25, 0.3) is 0 Å². The molecule has 19 heteroatoms. The molecule has 0 fully saturated rings. The summed E-state index contributed by atoms with van der Waals surface area (Å²) in [5.41, 5.74) is 0. The highest BCUT2D eigenvalue weighted by Gasteiger charge is 2.30. The Bertz CT molecular complexity index is 1670. The van der Waals surface area contributed by atoms with E-state index in [4.69, 9.17) is 37.0 Å². The molecule has 3 N–H and O–H groups in total. The summed E-state index contributed by atoms with van der Waals surface area (Å²) in [5, 5.41) is 10.5. The molecule has 0 heterocycles. The maximum absolute atomic E-state index is 13.0. The van der Waals surface area contributed by atoms with Crippen LogP contribution >= 0.6 is 15.6 Å². The van der Waals surface area contributed by atoms with Gasteiger partial charge in [-0.15, -0.1) is 0 Å². The smallest absolute Gasteiger partial charge is 0.462 e. The molecule has 0 radical (unpaired) electrons. The number of hydrogen-bond donors (Lipinski definition) is 3. The average Bonchev–Trinajstić information content (AvgIpc) is 3.55. The number of esters is 4. The lowest BCUT2D eigenvalue weighted by Crippen LogP contribution is -2.30. The Morgan fingerprint density at radius 3 is 0.800 bits per heavy atom. The Morgan fingerprint density at radius 2 is 0.541 bits per heavy atom. The monoisotopic (exact) mass is 1250 g/mol. The van der Waals surface area contributed by atoms with Gasteiger partial charge in [0.05, 0.1) is 26.4 Å². The minimum atomic E-state index is -4.95. The van der Waals surface area contributed by atoms with E-state index in [0.29, 0.717) is 25.7 Å². The van der Waals surface area contributed by atoms with Crippen LogP contribution in [0.2, 0.25) is 0 Å². The van der Waals surface area contributed by atoms with Crippen LogP contribution in [0.4, 0.5) is 0 Å². The number of ether oxygens (including phenoxy) is 4. The number of carbonyl (C=O) groups is 4. The SMILES string of the molecule is CCCCCCCCCCC(=O)O[C@H](COC(=O)CCCCCCCCC)COP(=O)(O)OC[C@H](O)COP(=O)(O)OC[C@@H](COC(=O)CCCCCCCCCCCCCC(C)C)OC(=O)CCCCCCCCCCCCCCCC(C)C. The van der Waals surface area contributed by atoms with E-state index in [-0.39, 0.29) is 25.7 Å². The fourth-order valence-electron chi connectivity index (χ4n) is 9.88. The molecule has 0 bridgehead atoms. The predicted molar refractivity (Wildman–Crippen MR) is 340 cm³/mol. The molecule has 504 valence electrons. The minimum Gasteiger partial charge on any atom is -0.462 e. The van der Waals surface area contributed by atoms with Crippen molar-refractivity contribution in [2.75, 3.05) is 39.6 Å². The van der Waals surface area contributed by atoms with Crippen molar-refractivity contribution in [3.05, 3.63) is 0 Å². The number of hydrogen-bond acceptors (Lipinski definition) is 15. The molecule has 85 heavy (non-hydrogen) atoms. The van der Waals surface area contributed by atoms with Gasteiger partial charge in [-0.05, 0) is 37.5 Å². The van der Waals surface area contributed by atoms with Crippen LogP contribution in [0.25, 0.3) is 0 Å². The van der Waals surface area contributed by atoms with Gasteiger partial charge >= 0.3 is 39.5 Å². The van der Waals surface area contributed by atoms with E-state index in [0.717, 1.165) is 121 Å². The van der Waals surface area contributed by atoms with E-state index >= 15 is 0 Å². The number of phosphoric acid groups is 2. The molecule has 0 saturated heterocycles. The van der Waals surface area contributed by atoms with Gasteiger partial charge in [-0.2, -0.15) is 0 Å². The van der Waals surface area contributed by atoms with Gasteiger partial charge in [-0.1, -0.05) is 279 Å². The third kappa shape index (κ3) is 60.7. The molecular weight excluding hydrogens is 1130 g/mol. The highest BCUT2D eigenvalue weighted by Crippen LogP contribution is 2.45. The molecule has 0 aliphatic heterocycles. The molecule has 0 aromatic heterocycles. The Morgan fingerprint density at radius 1 is 0.318 bits per heavy atom. The van der Waals surface area contributed by atoms with E-state index in [1.165, 1.54) is 128 Å². The molecule has 0 rings (SSSR count). The van der Waals surface area contributed by atoms with Gasteiger partial charge in [-0.3, -0.25) is 37.3 Å². The van der Waals surface area contributed by atoms with Crippen LogP contribution in [0.15, 0.2) is 0 Å². The normalized spacial score (nSPS) is 14.2. The summed E-state index contributed by atoms with van der Waals surface area (Å²) in [5.74, 6) is -0.579. The molecule has 0 aromatic rings. The number of rotatable bonds is 65. The maximum atomic E-state index is 13.0. The first kappa shape index (κ1) is 83.1. The summed E-state index contributed by atoms with van der Waals surface area (Å²) in [4.78, 5) is 72.1. The number of unbranched alkanes of at least 4 members (excludes halogenated alkanes) is 35. The Kier molecular flexibility index (Phi) is 57.1. The zero-order valence-corrected chi connectivity index (χ0v) is 56.7. The Balaban J connectivity index is 5.19. The third-order valence-corrected chi connectivity index (χ3v) is 17.1. The van der Waals surface area contributed by atoms with Crippen molar-refractivity contribution in [3.63, 3.8) is 0 Å². The highest BCUT2D eigenvalue weighted by molar-refractivity contribution is 7.47. The molecule has 5 atom stereocenters. The van der Waals surface area contributed by atoms with E-state index in [2.05, 4.69) is 41.5 Å². The first-order valence-corrected chi connectivity index (χ1v) is 37.5. The summed E-state index contributed by atoms with van der Waals surface area (Å²) in [6.45, 7) is 9.47. The molecular formula is C66H128O17P2. The standard InChI is InChI=1S/C66H128O17P2/c1-7-9-11-13-15-31-38-44-50-65(70)82-61(54-76-63(68)48-42-36-28-14-12-10-8-2)56-80-84(72,73)78-52-60(67)53-79-85(74,75)81-57-62(55-77-64(69)49-43-37-32-26-23-19-21-25-30-35-41-47-59(5)6)83-66(71)51-45-39-33-27-22-18-16-17-20-24-29-34-40-46-58(3)4/h58-62,67H,7-57H2,1-6H3,(H,72,73)(H,74,75)/t60-,61+,62+/m0/s1. The largest absolute Gasteiger partial charge is 0.472 e. The molecule has 0 aromatic carbocycles. The molecule has 17 nitrogen and oxygen atoms in total. The van der Waals surface area contributed by atoms with E-state index in [9.17, 15) is 43.2 Å². The van der Waals surface area contributed by atoms with Gasteiger partial charge in [0, 0.05) is 25.7 Å². The molecule has 0 aliphatic rings. The Labute approximate surface area is 517 Å². The quantitative estimate of drug-likeness (QED) is 0.0222. The second-order valence-corrected chi connectivity index (χ2v) is 27.7. The fourth-order valence-corrected chi connectivity index (χ4v) is 11.5. The van der Waals surface area contributed by atoms with Crippen LogP contribution in [0, 0.1) is 11.8 Å². The van der Waals surface area contributed by atoms with E-state index < -0.39 is 97.5 Å². The number of aliphatic hydroxyl groups excluding tert-OH is 1. The summed E-state index contributed by atoms with van der Waals surface area (Å²) in [7, 11) is -9.88. The predicted octanol–water partition coefficient (Wildman–Crippen LogP) is 18.4. The zero-order valence-electron chi connectivity index (χ0n) is 54.9. The number of phosphoric ester groups is 2. The van der Waals surface area contributed by atoms with Gasteiger partial charge in [0.2, 0.25) is 0 Å². The fraction of sp³-hybridized carbons (Fsp3) is 0.939. The molecule has 0 spiro atoms. The number of carbonyl (C=O) groups excluding carboxylic acids is 4. The van der Waals surface area contributed by atoms with Crippen molar-refractivity contribution in [1.29, 1.82) is 0 Å². The lowest BCUT2D eigenvalue weighted by molar-refractivity contribution is -0.161. The van der Waals surface area contributed by atoms with Crippen molar-refractivity contribution in [2.45, 2.75) is 349 Å². The summed E-state index contributed by atoms with van der Waals surface area (Å²) < 4.78 is 67.9. The van der Waals surface area contributed by atoms with Crippen LogP contribution in [0.5, 0.6) is 0 Å². The highest BCUT2D eigenvalue weighted by atomic mass is 31.2. The van der Waals surface area contributed by atoms with Crippen LogP contribution in [0.1, 0.15) is 330 Å².